The summed E-state index contributed by atoms with van der Waals surface area (Å²) in [5.41, 5.74) is 2.72. The third-order valence-corrected chi connectivity index (χ3v) is 6.17. The molecule has 7 nitrogen and oxygen atoms in total. The highest BCUT2D eigenvalue weighted by Gasteiger charge is 2.29. The van der Waals surface area contributed by atoms with Crippen LogP contribution in [0.3, 0.4) is 0 Å². The van der Waals surface area contributed by atoms with Crippen molar-refractivity contribution in [2.45, 2.75) is 45.1 Å². The van der Waals surface area contributed by atoms with Crippen molar-refractivity contribution >= 4 is 17.6 Å². The summed E-state index contributed by atoms with van der Waals surface area (Å²) in [7, 11) is 1.85. The maximum atomic E-state index is 13.1. The second-order valence-corrected chi connectivity index (χ2v) is 8.28. The Morgan fingerprint density at radius 3 is 2.65 bits per heavy atom. The number of hydrogen-bond donors (Lipinski definition) is 1. The van der Waals surface area contributed by atoms with E-state index in [9.17, 15) is 14.0 Å². The molecule has 0 bridgehead atoms. The number of halogens is 1. The van der Waals surface area contributed by atoms with Crippen LogP contribution in [-0.4, -0.2) is 58.3 Å². The van der Waals surface area contributed by atoms with Crippen molar-refractivity contribution in [1.29, 1.82) is 0 Å². The third kappa shape index (κ3) is 4.68. The summed E-state index contributed by atoms with van der Waals surface area (Å²) >= 11 is 0. The Morgan fingerprint density at radius 2 is 1.94 bits per heavy atom. The number of aromatic nitrogens is 2. The van der Waals surface area contributed by atoms with E-state index in [0.717, 1.165) is 47.8 Å². The predicted octanol–water partition coefficient (Wildman–Crippen LogP) is 2.51. The Morgan fingerprint density at radius 1 is 1.16 bits per heavy atom. The van der Waals surface area contributed by atoms with Crippen molar-refractivity contribution in [3.8, 4) is 0 Å². The number of likely N-dealkylation sites (tertiary alicyclic amines) is 1. The maximum absolute atomic E-state index is 13.1. The normalized spacial score (nSPS) is 18.5. The molecule has 1 aromatic heterocycles. The van der Waals surface area contributed by atoms with Crippen LogP contribution in [0.1, 0.15) is 48.3 Å². The predicted molar refractivity (Wildman–Crippen MR) is 115 cm³/mol. The number of nitrogens with one attached hydrogen (secondary N) is 1. The molecule has 1 atom stereocenters. The second kappa shape index (κ2) is 8.99. The van der Waals surface area contributed by atoms with Crippen LogP contribution >= 0.6 is 0 Å². The molecular weight excluding hydrogens is 397 g/mol. The van der Waals surface area contributed by atoms with E-state index < -0.39 is 0 Å². The number of carbonyl (C=O) groups excluding carboxylic acids is 2. The highest BCUT2D eigenvalue weighted by molar-refractivity contribution is 5.79. The number of piperidine rings is 1. The zero-order valence-corrected chi connectivity index (χ0v) is 18.0. The molecule has 1 unspecified atom stereocenters. The molecule has 4 rings (SSSR count). The number of hydrogen-bond acceptors (Lipinski definition) is 5. The Hall–Kier alpha value is -3.03. The number of amides is 2. The molecule has 1 fully saturated rings. The van der Waals surface area contributed by atoms with Gasteiger partial charge in [-0.2, -0.15) is 0 Å². The number of carbonyl (C=O) groups is 2. The summed E-state index contributed by atoms with van der Waals surface area (Å²) in [6.45, 7) is 4.04. The minimum atomic E-state index is -0.307. The number of nitrogens with zero attached hydrogens (tertiary/aromatic N) is 4. The van der Waals surface area contributed by atoms with Gasteiger partial charge in [0.15, 0.2) is 0 Å². The molecule has 2 aliphatic heterocycles. The molecule has 2 aliphatic rings. The van der Waals surface area contributed by atoms with Crippen LogP contribution in [0.25, 0.3) is 0 Å². The maximum Gasteiger partial charge on any atom is 0.227 e. The minimum Gasteiger partial charge on any atom is -0.373 e. The van der Waals surface area contributed by atoms with Crippen molar-refractivity contribution in [3.05, 3.63) is 52.7 Å². The van der Waals surface area contributed by atoms with Gasteiger partial charge in [-0.25, -0.2) is 14.4 Å². The lowest BCUT2D eigenvalue weighted by Crippen LogP contribution is -2.40. The summed E-state index contributed by atoms with van der Waals surface area (Å²) in [4.78, 5) is 38.0. The monoisotopic (exact) mass is 425 g/mol. The molecule has 2 amide bonds. The fraction of sp³-hybridized carbons (Fsp3) is 0.478. The van der Waals surface area contributed by atoms with Gasteiger partial charge in [0, 0.05) is 45.1 Å². The van der Waals surface area contributed by atoms with E-state index in [-0.39, 0.29) is 30.0 Å². The first kappa shape index (κ1) is 21.2. The van der Waals surface area contributed by atoms with Crippen LogP contribution in [0.5, 0.6) is 0 Å². The number of rotatable bonds is 4. The quantitative estimate of drug-likeness (QED) is 0.814. The lowest BCUT2D eigenvalue weighted by molar-refractivity contribution is -0.131. The van der Waals surface area contributed by atoms with Gasteiger partial charge in [-0.05, 0) is 37.0 Å². The molecule has 164 valence electrons. The molecule has 2 aromatic rings. The van der Waals surface area contributed by atoms with Gasteiger partial charge in [-0.1, -0.05) is 12.1 Å². The summed E-state index contributed by atoms with van der Waals surface area (Å²) in [6, 6.07) is 6.05. The fourth-order valence-corrected chi connectivity index (χ4v) is 4.41. The van der Waals surface area contributed by atoms with Gasteiger partial charge in [0.05, 0.1) is 18.7 Å². The lowest BCUT2D eigenvalue weighted by Gasteiger charge is -2.33. The zero-order valence-electron chi connectivity index (χ0n) is 18.0. The highest BCUT2D eigenvalue weighted by Crippen LogP contribution is 2.30. The zero-order chi connectivity index (χ0) is 22.0. The van der Waals surface area contributed by atoms with Crippen LogP contribution in [0, 0.1) is 5.82 Å². The van der Waals surface area contributed by atoms with Crippen molar-refractivity contribution in [2.24, 2.45) is 0 Å². The standard InChI is InChI=1S/C23H28FN5O2/c1-15(30)28-10-3-4-17(13-28)22-26-20-14-29(11-9-19(20)23(25-2)27-22)21(31)12-16-5-7-18(24)8-6-16/h5-8,17H,3-4,9-14H2,1-2H3,(H,25,26,27). The molecule has 0 radical (unpaired) electrons. The SMILES string of the molecule is CNc1nc(C2CCCN(C(C)=O)C2)nc2c1CCN(C(=O)Cc1ccc(F)cc1)C2. The smallest absolute Gasteiger partial charge is 0.227 e. The van der Waals surface area contributed by atoms with Crippen molar-refractivity contribution in [1.82, 2.24) is 19.8 Å². The molecule has 0 aliphatic carbocycles. The lowest BCUT2D eigenvalue weighted by atomic mass is 9.96. The Kier molecular flexibility index (Phi) is 6.15. The number of benzene rings is 1. The third-order valence-electron chi connectivity index (χ3n) is 6.17. The summed E-state index contributed by atoms with van der Waals surface area (Å²) < 4.78 is 13.1. The Labute approximate surface area is 181 Å². The minimum absolute atomic E-state index is 0.00356. The van der Waals surface area contributed by atoms with E-state index in [1.807, 2.05) is 16.8 Å². The first-order valence-electron chi connectivity index (χ1n) is 10.8. The van der Waals surface area contributed by atoms with Crippen LogP contribution in [0.15, 0.2) is 24.3 Å². The number of fused-ring (bicyclic) bond motifs is 1. The molecule has 0 spiro atoms. The highest BCUT2D eigenvalue weighted by atomic mass is 19.1. The average Bonchev–Trinajstić information content (AvgIpc) is 2.79. The first-order valence-corrected chi connectivity index (χ1v) is 10.8. The molecule has 31 heavy (non-hydrogen) atoms. The van der Waals surface area contributed by atoms with E-state index in [0.29, 0.717) is 26.1 Å². The fourth-order valence-electron chi connectivity index (χ4n) is 4.41. The van der Waals surface area contributed by atoms with E-state index in [1.165, 1.54) is 12.1 Å². The van der Waals surface area contributed by atoms with Gasteiger partial charge in [-0.15, -0.1) is 0 Å². The van der Waals surface area contributed by atoms with Crippen molar-refractivity contribution in [2.75, 3.05) is 32.0 Å². The van der Waals surface area contributed by atoms with Gasteiger partial charge in [-0.3, -0.25) is 9.59 Å². The van der Waals surface area contributed by atoms with Crippen LogP contribution in [0.2, 0.25) is 0 Å². The van der Waals surface area contributed by atoms with Gasteiger partial charge < -0.3 is 15.1 Å². The van der Waals surface area contributed by atoms with E-state index in [2.05, 4.69) is 5.32 Å². The Balaban J connectivity index is 1.53. The average molecular weight is 426 g/mol. The molecule has 1 aromatic carbocycles. The van der Waals surface area contributed by atoms with E-state index >= 15 is 0 Å². The van der Waals surface area contributed by atoms with Crippen molar-refractivity contribution < 1.29 is 14.0 Å². The van der Waals surface area contributed by atoms with Crippen LogP contribution < -0.4 is 5.32 Å². The molecule has 3 heterocycles. The van der Waals surface area contributed by atoms with E-state index in [4.69, 9.17) is 9.97 Å². The number of anilines is 1. The summed E-state index contributed by atoms with van der Waals surface area (Å²) in [5, 5.41) is 3.19. The molecule has 8 heteroatoms. The molecule has 0 saturated carbocycles. The Bertz CT molecular complexity index is 979. The van der Waals surface area contributed by atoms with E-state index in [1.54, 1.807) is 19.1 Å². The van der Waals surface area contributed by atoms with Gasteiger partial charge in [0.1, 0.15) is 17.5 Å². The van der Waals surface area contributed by atoms with Crippen LogP contribution in [0.4, 0.5) is 10.2 Å². The van der Waals surface area contributed by atoms with Crippen molar-refractivity contribution in [3.63, 3.8) is 0 Å². The summed E-state index contributed by atoms with van der Waals surface area (Å²) in [5.74, 6) is 1.42. The molecule has 1 saturated heterocycles. The first-order chi connectivity index (χ1) is 14.9. The van der Waals surface area contributed by atoms with Gasteiger partial charge in [0.25, 0.3) is 0 Å². The van der Waals surface area contributed by atoms with Gasteiger partial charge in [0.2, 0.25) is 11.8 Å². The van der Waals surface area contributed by atoms with Gasteiger partial charge >= 0.3 is 0 Å². The summed E-state index contributed by atoms with van der Waals surface area (Å²) in [6.07, 6.45) is 2.80. The molecule has 1 N–H and O–H groups in total. The molecular formula is C23H28FN5O2. The van der Waals surface area contributed by atoms with Crippen LogP contribution in [-0.2, 0) is 29.0 Å². The second-order valence-electron chi connectivity index (χ2n) is 8.28. The largest absolute Gasteiger partial charge is 0.373 e. The topological polar surface area (TPSA) is 78.4 Å².